The molecule has 23 heavy (non-hydrogen) atoms. The number of rotatable bonds is 5. The number of quaternary nitrogens is 1. The number of aryl methyl sites for hydroxylation is 1. The van der Waals surface area contributed by atoms with Gasteiger partial charge >= 0.3 is 0 Å². The molecule has 1 aliphatic rings. The standard InChI is InChI=1S/C18H23N3O2/c1-15-5-2-3-7-17(15)21-10-8-20(9-11-21)14-18(22)19-13-16-6-4-12-23-16/h2-7,12H,8-11,13-14H2,1H3,(H,19,22)/p+1. The van der Waals surface area contributed by atoms with Crippen LogP contribution in [-0.2, 0) is 11.3 Å². The number of carbonyl (C=O) groups excluding carboxylic acids is 1. The molecule has 5 nitrogen and oxygen atoms in total. The van der Waals surface area contributed by atoms with Gasteiger partial charge in [-0.25, -0.2) is 0 Å². The van der Waals surface area contributed by atoms with Crippen LogP contribution >= 0.6 is 0 Å². The lowest BCUT2D eigenvalue weighted by Gasteiger charge is -2.34. The number of hydrogen-bond acceptors (Lipinski definition) is 3. The Bertz CT molecular complexity index is 631. The van der Waals surface area contributed by atoms with Crippen molar-refractivity contribution >= 4 is 11.6 Å². The van der Waals surface area contributed by atoms with E-state index in [1.165, 1.54) is 16.2 Å². The van der Waals surface area contributed by atoms with Gasteiger partial charge in [0.25, 0.3) is 5.91 Å². The second-order valence-corrected chi connectivity index (χ2v) is 6.06. The molecule has 1 aliphatic heterocycles. The third-order valence-corrected chi connectivity index (χ3v) is 4.38. The Hall–Kier alpha value is -2.27. The van der Waals surface area contributed by atoms with Crippen LogP contribution in [-0.4, -0.2) is 38.6 Å². The Labute approximate surface area is 136 Å². The van der Waals surface area contributed by atoms with Gasteiger partial charge in [0.1, 0.15) is 5.76 Å². The van der Waals surface area contributed by atoms with Gasteiger partial charge in [0.2, 0.25) is 0 Å². The number of hydrogen-bond donors (Lipinski definition) is 2. The average molecular weight is 314 g/mol. The van der Waals surface area contributed by atoms with E-state index in [0.29, 0.717) is 13.1 Å². The molecule has 2 N–H and O–H groups in total. The maximum absolute atomic E-state index is 12.0. The van der Waals surface area contributed by atoms with E-state index in [4.69, 9.17) is 4.42 Å². The van der Waals surface area contributed by atoms with Crippen molar-refractivity contribution in [3.8, 4) is 0 Å². The van der Waals surface area contributed by atoms with Gasteiger partial charge in [0, 0.05) is 5.69 Å². The molecule has 0 aliphatic carbocycles. The van der Waals surface area contributed by atoms with E-state index >= 15 is 0 Å². The molecule has 0 unspecified atom stereocenters. The molecular weight excluding hydrogens is 290 g/mol. The van der Waals surface area contributed by atoms with Crippen molar-refractivity contribution in [3.63, 3.8) is 0 Å². The minimum Gasteiger partial charge on any atom is -0.467 e. The van der Waals surface area contributed by atoms with Gasteiger partial charge in [0.15, 0.2) is 6.54 Å². The molecule has 1 amide bonds. The predicted octanol–water partition coefficient (Wildman–Crippen LogP) is 0.609. The minimum atomic E-state index is 0.0840. The van der Waals surface area contributed by atoms with Gasteiger partial charge in [-0.1, -0.05) is 18.2 Å². The van der Waals surface area contributed by atoms with Crippen LogP contribution in [0.2, 0.25) is 0 Å². The number of anilines is 1. The lowest BCUT2D eigenvalue weighted by molar-refractivity contribution is -0.892. The van der Waals surface area contributed by atoms with Crippen LogP contribution in [0.3, 0.4) is 0 Å². The van der Waals surface area contributed by atoms with Crippen molar-refractivity contribution in [2.45, 2.75) is 13.5 Å². The topological polar surface area (TPSA) is 49.9 Å². The van der Waals surface area contributed by atoms with Crippen molar-refractivity contribution in [2.75, 3.05) is 37.6 Å². The van der Waals surface area contributed by atoms with E-state index in [2.05, 4.69) is 41.4 Å². The predicted molar refractivity (Wildman–Crippen MR) is 89.5 cm³/mol. The molecule has 0 bridgehead atoms. The Morgan fingerprint density at radius 2 is 2.00 bits per heavy atom. The number of para-hydroxylation sites is 1. The molecule has 1 saturated heterocycles. The first kappa shape index (κ1) is 15.6. The van der Waals surface area contributed by atoms with Crippen LogP contribution in [0.25, 0.3) is 0 Å². The maximum atomic E-state index is 12.0. The first-order valence-electron chi connectivity index (χ1n) is 8.15. The summed E-state index contributed by atoms with van der Waals surface area (Å²) < 4.78 is 5.22. The molecule has 2 heterocycles. The van der Waals surface area contributed by atoms with Crippen molar-refractivity contribution in [2.24, 2.45) is 0 Å². The van der Waals surface area contributed by atoms with E-state index in [1.54, 1.807) is 6.26 Å². The highest BCUT2D eigenvalue weighted by molar-refractivity contribution is 5.76. The molecule has 0 saturated carbocycles. The normalized spacial score (nSPS) is 15.6. The maximum Gasteiger partial charge on any atom is 0.275 e. The van der Waals surface area contributed by atoms with Crippen LogP contribution in [0.15, 0.2) is 47.1 Å². The van der Waals surface area contributed by atoms with E-state index in [1.807, 2.05) is 12.1 Å². The van der Waals surface area contributed by atoms with Crippen LogP contribution in [0.1, 0.15) is 11.3 Å². The highest BCUT2D eigenvalue weighted by Crippen LogP contribution is 2.18. The number of nitrogens with zero attached hydrogens (tertiary/aromatic N) is 1. The Morgan fingerprint density at radius 3 is 2.70 bits per heavy atom. The van der Waals surface area contributed by atoms with E-state index < -0.39 is 0 Å². The Morgan fingerprint density at radius 1 is 1.22 bits per heavy atom. The highest BCUT2D eigenvalue weighted by atomic mass is 16.3. The molecule has 3 rings (SSSR count). The number of furan rings is 1. The lowest BCUT2D eigenvalue weighted by Crippen LogP contribution is -3.15. The van der Waals surface area contributed by atoms with Crippen molar-refractivity contribution < 1.29 is 14.1 Å². The number of piperazine rings is 1. The first-order chi connectivity index (χ1) is 11.2. The Balaban J connectivity index is 1.44. The van der Waals surface area contributed by atoms with Gasteiger partial charge in [-0.15, -0.1) is 0 Å². The summed E-state index contributed by atoms with van der Waals surface area (Å²) in [5, 5.41) is 2.92. The van der Waals surface area contributed by atoms with Gasteiger partial charge in [-0.2, -0.15) is 0 Å². The highest BCUT2D eigenvalue weighted by Gasteiger charge is 2.22. The van der Waals surface area contributed by atoms with Crippen LogP contribution in [0, 0.1) is 6.92 Å². The number of benzene rings is 1. The fraction of sp³-hybridized carbons (Fsp3) is 0.389. The summed E-state index contributed by atoms with van der Waals surface area (Å²) in [5.74, 6) is 0.874. The summed E-state index contributed by atoms with van der Waals surface area (Å²) >= 11 is 0. The van der Waals surface area contributed by atoms with Crippen molar-refractivity contribution in [1.29, 1.82) is 0 Å². The fourth-order valence-electron chi connectivity index (χ4n) is 3.05. The van der Waals surface area contributed by atoms with Crippen molar-refractivity contribution in [3.05, 3.63) is 54.0 Å². The molecule has 1 fully saturated rings. The van der Waals surface area contributed by atoms with Crippen molar-refractivity contribution in [1.82, 2.24) is 5.32 Å². The average Bonchev–Trinajstić information content (AvgIpc) is 3.08. The molecule has 1 aromatic heterocycles. The summed E-state index contributed by atoms with van der Waals surface area (Å²) in [6.07, 6.45) is 1.62. The second kappa shape index (κ2) is 7.33. The minimum absolute atomic E-state index is 0.0840. The van der Waals surface area contributed by atoms with Crippen LogP contribution < -0.4 is 15.1 Å². The molecule has 122 valence electrons. The van der Waals surface area contributed by atoms with Gasteiger partial charge in [0.05, 0.1) is 39.0 Å². The number of amides is 1. The first-order valence-corrected chi connectivity index (χ1v) is 8.15. The van der Waals surface area contributed by atoms with E-state index in [0.717, 1.165) is 31.9 Å². The summed E-state index contributed by atoms with van der Waals surface area (Å²) in [7, 11) is 0. The summed E-state index contributed by atoms with van der Waals surface area (Å²) in [6.45, 7) is 7.11. The zero-order chi connectivity index (χ0) is 16.1. The second-order valence-electron chi connectivity index (χ2n) is 6.06. The quantitative estimate of drug-likeness (QED) is 0.850. The molecule has 0 spiro atoms. The fourth-order valence-corrected chi connectivity index (χ4v) is 3.05. The van der Waals surface area contributed by atoms with Gasteiger partial charge < -0.3 is 19.5 Å². The summed E-state index contributed by atoms with van der Waals surface area (Å²) in [4.78, 5) is 15.8. The molecular formula is C18H24N3O2+. The monoisotopic (exact) mass is 314 g/mol. The molecule has 0 atom stereocenters. The molecule has 5 heteroatoms. The summed E-state index contributed by atoms with van der Waals surface area (Å²) in [5.41, 5.74) is 2.63. The van der Waals surface area contributed by atoms with Gasteiger partial charge in [-0.05, 0) is 30.7 Å². The SMILES string of the molecule is Cc1ccccc1N1CC[NH+](CC(=O)NCc2ccco2)CC1. The molecule has 1 aromatic carbocycles. The zero-order valence-corrected chi connectivity index (χ0v) is 13.5. The third-order valence-electron chi connectivity index (χ3n) is 4.38. The lowest BCUT2D eigenvalue weighted by atomic mass is 10.1. The van der Waals surface area contributed by atoms with Crippen LogP contribution in [0.4, 0.5) is 5.69 Å². The summed E-state index contributed by atoms with van der Waals surface area (Å²) in [6, 6.07) is 12.2. The molecule has 0 radical (unpaired) electrons. The van der Waals surface area contributed by atoms with Crippen LogP contribution in [0.5, 0.6) is 0 Å². The van der Waals surface area contributed by atoms with E-state index in [-0.39, 0.29) is 5.91 Å². The molecule has 2 aromatic rings. The zero-order valence-electron chi connectivity index (χ0n) is 13.5. The number of carbonyl (C=O) groups is 1. The third kappa shape index (κ3) is 4.13. The smallest absolute Gasteiger partial charge is 0.275 e. The van der Waals surface area contributed by atoms with Gasteiger partial charge in [-0.3, -0.25) is 4.79 Å². The van der Waals surface area contributed by atoms with E-state index in [9.17, 15) is 4.79 Å². The Kier molecular flexibility index (Phi) is 4.98. The largest absolute Gasteiger partial charge is 0.467 e. The number of nitrogens with one attached hydrogen (secondary N) is 2.